The van der Waals surface area contributed by atoms with Crippen molar-refractivity contribution >= 4 is 18.0 Å². The Balaban J connectivity index is 2.63. The number of carbonyl (C=O) groups excluding carboxylic acids is 2. The molecule has 0 aliphatic carbocycles. The van der Waals surface area contributed by atoms with Gasteiger partial charge in [-0.1, -0.05) is 29.8 Å². The van der Waals surface area contributed by atoms with Crippen molar-refractivity contribution in [3.8, 4) is 0 Å². The van der Waals surface area contributed by atoms with E-state index in [1.165, 1.54) is 5.56 Å². The summed E-state index contributed by atoms with van der Waals surface area (Å²) in [6, 6.07) is 7.93. The first-order chi connectivity index (χ1) is 11.6. The highest BCUT2D eigenvalue weighted by molar-refractivity contribution is 5.92. The van der Waals surface area contributed by atoms with Gasteiger partial charge in [0.2, 0.25) is 5.91 Å². The predicted molar refractivity (Wildman–Crippen MR) is 94.5 cm³/mol. The molecular formula is C19H27NO4. The Kier molecular flexibility index (Phi) is 9.46. The van der Waals surface area contributed by atoms with E-state index in [-0.39, 0.29) is 18.3 Å². The van der Waals surface area contributed by atoms with Gasteiger partial charge in [0.1, 0.15) is 0 Å². The zero-order valence-electron chi connectivity index (χ0n) is 14.8. The molecule has 0 fully saturated rings. The van der Waals surface area contributed by atoms with Gasteiger partial charge in [0, 0.05) is 32.9 Å². The van der Waals surface area contributed by atoms with Crippen molar-refractivity contribution in [2.24, 2.45) is 0 Å². The van der Waals surface area contributed by atoms with Crippen LogP contribution in [0.4, 0.5) is 0 Å². The Morgan fingerprint density at radius 2 is 1.88 bits per heavy atom. The highest BCUT2D eigenvalue weighted by Crippen LogP contribution is 2.06. The lowest BCUT2D eigenvalue weighted by atomic mass is 10.1. The van der Waals surface area contributed by atoms with Crippen molar-refractivity contribution < 1.29 is 19.1 Å². The summed E-state index contributed by atoms with van der Waals surface area (Å²) in [4.78, 5) is 25.6. The molecule has 0 atom stereocenters. The summed E-state index contributed by atoms with van der Waals surface area (Å²) in [5, 5.41) is 0. The number of nitrogens with zero attached hydrogens (tertiary/aromatic N) is 1. The maximum Gasteiger partial charge on any atom is 0.307 e. The minimum Gasteiger partial charge on any atom is -0.466 e. The Morgan fingerprint density at radius 3 is 2.50 bits per heavy atom. The van der Waals surface area contributed by atoms with Crippen LogP contribution in [0.1, 0.15) is 30.9 Å². The summed E-state index contributed by atoms with van der Waals surface area (Å²) in [7, 11) is 1.63. The summed E-state index contributed by atoms with van der Waals surface area (Å²) < 4.78 is 9.95. The van der Waals surface area contributed by atoms with E-state index in [0.29, 0.717) is 26.3 Å². The van der Waals surface area contributed by atoms with Gasteiger partial charge in [0.25, 0.3) is 0 Å². The molecule has 5 heteroatoms. The first kappa shape index (κ1) is 19.9. The fraction of sp³-hybridized carbons (Fsp3) is 0.474. The largest absolute Gasteiger partial charge is 0.466 e. The van der Waals surface area contributed by atoms with Crippen LogP contribution in [0.2, 0.25) is 0 Å². The Labute approximate surface area is 144 Å². The summed E-state index contributed by atoms with van der Waals surface area (Å²) >= 11 is 0. The lowest BCUT2D eigenvalue weighted by molar-refractivity contribution is -0.143. The summed E-state index contributed by atoms with van der Waals surface area (Å²) in [6.45, 7) is 5.61. The van der Waals surface area contributed by atoms with Crippen molar-refractivity contribution in [3.63, 3.8) is 0 Å². The quantitative estimate of drug-likeness (QED) is 0.375. The molecule has 0 N–H and O–H groups in total. The molecule has 0 aromatic heterocycles. The van der Waals surface area contributed by atoms with Gasteiger partial charge < -0.3 is 14.4 Å². The summed E-state index contributed by atoms with van der Waals surface area (Å²) in [6.07, 6.45) is 4.26. The van der Waals surface area contributed by atoms with E-state index >= 15 is 0 Å². The van der Waals surface area contributed by atoms with Crippen LogP contribution in [0.3, 0.4) is 0 Å². The highest BCUT2D eigenvalue weighted by Gasteiger charge is 2.13. The molecule has 24 heavy (non-hydrogen) atoms. The minimum absolute atomic E-state index is 0.115. The van der Waals surface area contributed by atoms with Gasteiger partial charge in [0.15, 0.2) is 0 Å². The smallest absolute Gasteiger partial charge is 0.307 e. The fourth-order valence-corrected chi connectivity index (χ4v) is 2.14. The molecule has 0 aliphatic rings. The maximum absolute atomic E-state index is 12.4. The van der Waals surface area contributed by atoms with Gasteiger partial charge in [-0.25, -0.2) is 0 Å². The number of rotatable bonds is 10. The third-order valence-corrected chi connectivity index (χ3v) is 3.48. The lowest BCUT2D eigenvalue weighted by Crippen LogP contribution is -2.33. The molecule has 1 aromatic rings. The molecule has 0 bridgehead atoms. The third kappa shape index (κ3) is 7.92. The summed E-state index contributed by atoms with van der Waals surface area (Å²) in [5.74, 6) is -0.402. The summed E-state index contributed by atoms with van der Waals surface area (Å²) in [5.41, 5.74) is 2.14. The van der Waals surface area contributed by atoms with E-state index in [9.17, 15) is 9.59 Å². The van der Waals surface area contributed by atoms with Crippen molar-refractivity contribution in [2.45, 2.75) is 26.7 Å². The van der Waals surface area contributed by atoms with E-state index < -0.39 is 0 Å². The molecule has 0 heterocycles. The Hall–Kier alpha value is -2.14. The van der Waals surface area contributed by atoms with Gasteiger partial charge in [-0.2, -0.15) is 0 Å². The van der Waals surface area contributed by atoms with Crippen LogP contribution in [0.15, 0.2) is 30.3 Å². The van der Waals surface area contributed by atoms with E-state index in [1.807, 2.05) is 31.2 Å². The van der Waals surface area contributed by atoms with Crippen LogP contribution in [0.5, 0.6) is 0 Å². The van der Waals surface area contributed by atoms with Gasteiger partial charge in [-0.05, 0) is 31.9 Å². The molecule has 0 unspecified atom stereocenters. The second kappa shape index (κ2) is 11.4. The molecule has 5 nitrogen and oxygen atoms in total. The number of amides is 1. The number of carbonyl (C=O) groups is 2. The zero-order valence-corrected chi connectivity index (χ0v) is 14.8. The van der Waals surface area contributed by atoms with Crippen LogP contribution in [0, 0.1) is 6.92 Å². The minimum atomic E-state index is -0.287. The van der Waals surface area contributed by atoms with E-state index in [4.69, 9.17) is 9.47 Å². The average Bonchev–Trinajstić information content (AvgIpc) is 2.57. The maximum atomic E-state index is 12.4. The molecule has 0 saturated heterocycles. The molecule has 0 spiro atoms. The van der Waals surface area contributed by atoms with E-state index in [1.54, 1.807) is 31.1 Å². The zero-order chi connectivity index (χ0) is 17.8. The van der Waals surface area contributed by atoms with Crippen molar-refractivity contribution in [3.05, 3.63) is 41.5 Å². The fourth-order valence-electron chi connectivity index (χ4n) is 2.14. The number of aryl methyl sites for hydroxylation is 1. The van der Waals surface area contributed by atoms with Crippen LogP contribution in [-0.4, -0.2) is 50.2 Å². The standard InChI is InChI=1S/C19H27NO4/c1-4-24-19(22)12-14-20(13-5-15-23-3)18(21)11-10-17-8-6-16(2)7-9-17/h6-11H,4-5,12-15H2,1-3H3/b11-10+. The number of hydrogen-bond acceptors (Lipinski definition) is 4. The SMILES string of the molecule is CCOC(=O)CCN(CCCOC)C(=O)/C=C/c1ccc(C)cc1. The molecule has 132 valence electrons. The number of benzene rings is 1. The van der Waals surface area contributed by atoms with Crippen LogP contribution < -0.4 is 0 Å². The third-order valence-electron chi connectivity index (χ3n) is 3.48. The molecule has 0 aliphatic heterocycles. The average molecular weight is 333 g/mol. The van der Waals surface area contributed by atoms with Crippen LogP contribution >= 0.6 is 0 Å². The monoisotopic (exact) mass is 333 g/mol. The number of esters is 1. The first-order valence-electron chi connectivity index (χ1n) is 8.25. The van der Waals surface area contributed by atoms with Crippen molar-refractivity contribution in [1.82, 2.24) is 4.90 Å². The van der Waals surface area contributed by atoms with Crippen molar-refractivity contribution in [1.29, 1.82) is 0 Å². The second-order valence-corrected chi connectivity index (χ2v) is 5.47. The topological polar surface area (TPSA) is 55.8 Å². The molecular weight excluding hydrogens is 306 g/mol. The Bertz CT molecular complexity index is 537. The van der Waals surface area contributed by atoms with Gasteiger partial charge in [-0.3, -0.25) is 9.59 Å². The normalized spacial score (nSPS) is 10.8. The first-order valence-corrected chi connectivity index (χ1v) is 8.25. The second-order valence-electron chi connectivity index (χ2n) is 5.47. The number of methoxy groups -OCH3 is 1. The van der Waals surface area contributed by atoms with Crippen LogP contribution in [-0.2, 0) is 19.1 Å². The van der Waals surface area contributed by atoms with Crippen LogP contribution in [0.25, 0.3) is 6.08 Å². The molecule has 1 rings (SSSR count). The number of hydrogen-bond donors (Lipinski definition) is 0. The van der Waals surface area contributed by atoms with Gasteiger partial charge in [0.05, 0.1) is 13.0 Å². The number of ether oxygens (including phenoxy) is 2. The van der Waals surface area contributed by atoms with E-state index in [0.717, 1.165) is 12.0 Å². The predicted octanol–water partition coefficient (Wildman–Crippen LogP) is 2.83. The Morgan fingerprint density at radius 1 is 1.17 bits per heavy atom. The molecule has 1 amide bonds. The highest BCUT2D eigenvalue weighted by atomic mass is 16.5. The van der Waals surface area contributed by atoms with E-state index in [2.05, 4.69) is 0 Å². The molecule has 0 saturated carbocycles. The lowest BCUT2D eigenvalue weighted by Gasteiger charge is -2.20. The molecule has 1 aromatic carbocycles. The molecule has 0 radical (unpaired) electrons. The van der Waals surface area contributed by atoms with Gasteiger partial charge in [-0.15, -0.1) is 0 Å². The van der Waals surface area contributed by atoms with Gasteiger partial charge >= 0.3 is 5.97 Å². The van der Waals surface area contributed by atoms with Crippen molar-refractivity contribution in [2.75, 3.05) is 33.4 Å².